The number of ether oxygens (including phenoxy) is 1. The van der Waals surface area contributed by atoms with Crippen molar-refractivity contribution in [1.82, 2.24) is 5.32 Å². The van der Waals surface area contributed by atoms with E-state index in [9.17, 15) is 0 Å². The molecule has 1 aliphatic rings. The van der Waals surface area contributed by atoms with Crippen LogP contribution in [0.5, 0.6) is 0 Å². The normalized spacial score (nSPS) is 18.6. The quantitative estimate of drug-likeness (QED) is 0.750. The summed E-state index contributed by atoms with van der Waals surface area (Å²) in [7, 11) is 1.77. The fourth-order valence-electron chi connectivity index (χ4n) is 2.73. The lowest BCUT2D eigenvalue weighted by Gasteiger charge is -2.23. The lowest BCUT2D eigenvalue weighted by molar-refractivity contribution is 0.191. The van der Waals surface area contributed by atoms with Crippen LogP contribution in [0.2, 0.25) is 0 Å². The molecule has 1 aromatic heterocycles. The highest BCUT2D eigenvalue weighted by Crippen LogP contribution is 2.37. The molecular weight excluding hydrogens is 230 g/mol. The Balaban J connectivity index is 1.88. The Morgan fingerprint density at radius 2 is 2.29 bits per heavy atom. The van der Waals surface area contributed by atoms with E-state index in [4.69, 9.17) is 4.74 Å². The van der Waals surface area contributed by atoms with Crippen LogP contribution in [0.25, 0.3) is 0 Å². The highest BCUT2D eigenvalue weighted by Gasteiger charge is 2.26. The first kappa shape index (κ1) is 13.1. The highest BCUT2D eigenvalue weighted by molar-refractivity contribution is 7.10. The van der Waals surface area contributed by atoms with Crippen LogP contribution in [-0.4, -0.2) is 20.3 Å². The maximum absolute atomic E-state index is 5.10. The fraction of sp³-hybridized carbons (Fsp3) is 0.714. The van der Waals surface area contributed by atoms with Crippen LogP contribution in [0.3, 0.4) is 0 Å². The van der Waals surface area contributed by atoms with Crippen LogP contribution < -0.4 is 5.32 Å². The summed E-state index contributed by atoms with van der Waals surface area (Å²) in [6.45, 7) is 1.92. The van der Waals surface area contributed by atoms with Gasteiger partial charge in [-0.25, -0.2) is 0 Å². The summed E-state index contributed by atoms with van der Waals surface area (Å²) in [5.74, 6) is 0.844. The van der Waals surface area contributed by atoms with E-state index in [2.05, 4.69) is 22.8 Å². The molecule has 96 valence electrons. The standard InChI is InChI=1S/C14H23NOS/c1-16-10-5-9-15-14(12-6-2-3-7-12)13-8-4-11-17-13/h4,8,11-12,14-15H,2-3,5-7,9-10H2,1H3. The molecule has 0 aliphatic heterocycles. The van der Waals surface area contributed by atoms with Crippen molar-refractivity contribution in [2.75, 3.05) is 20.3 Å². The molecule has 0 radical (unpaired) electrons. The lowest BCUT2D eigenvalue weighted by atomic mass is 9.96. The molecule has 0 bridgehead atoms. The number of nitrogens with one attached hydrogen (secondary N) is 1. The van der Waals surface area contributed by atoms with Crippen molar-refractivity contribution in [3.05, 3.63) is 22.4 Å². The van der Waals surface area contributed by atoms with Gasteiger partial charge in [-0.1, -0.05) is 18.9 Å². The van der Waals surface area contributed by atoms with Gasteiger partial charge < -0.3 is 10.1 Å². The molecule has 0 aromatic carbocycles. The zero-order chi connectivity index (χ0) is 11.9. The smallest absolute Gasteiger partial charge is 0.0474 e. The number of rotatable bonds is 7. The second-order valence-electron chi connectivity index (χ2n) is 4.84. The fourth-order valence-corrected chi connectivity index (χ4v) is 3.63. The van der Waals surface area contributed by atoms with Crippen molar-refractivity contribution in [2.45, 2.75) is 38.1 Å². The first-order valence-corrected chi connectivity index (χ1v) is 7.55. The van der Waals surface area contributed by atoms with E-state index in [1.165, 1.54) is 30.6 Å². The predicted octanol–water partition coefficient (Wildman–Crippen LogP) is 3.61. The maximum atomic E-state index is 5.10. The van der Waals surface area contributed by atoms with E-state index in [1.54, 1.807) is 7.11 Å². The third-order valence-electron chi connectivity index (χ3n) is 3.61. The number of hydrogen-bond donors (Lipinski definition) is 1. The molecule has 17 heavy (non-hydrogen) atoms. The van der Waals surface area contributed by atoms with E-state index in [0.29, 0.717) is 6.04 Å². The molecule has 1 N–H and O–H groups in total. The molecule has 1 heterocycles. The van der Waals surface area contributed by atoms with Crippen molar-refractivity contribution < 1.29 is 4.74 Å². The highest BCUT2D eigenvalue weighted by atomic mass is 32.1. The van der Waals surface area contributed by atoms with Gasteiger partial charge in [-0.3, -0.25) is 0 Å². The second kappa shape index (κ2) is 7.14. The van der Waals surface area contributed by atoms with Crippen molar-refractivity contribution in [2.24, 2.45) is 5.92 Å². The van der Waals surface area contributed by atoms with Gasteiger partial charge in [0.15, 0.2) is 0 Å². The molecule has 1 atom stereocenters. The first-order valence-electron chi connectivity index (χ1n) is 6.67. The second-order valence-corrected chi connectivity index (χ2v) is 5.82. The molecule has 3 heteroatoms. The van der Waals surface area contributed by atoms with Gasteiger partial charge in [0, 0.05) is 24.6 Å². The Bertz CT molecular complexity index is 293. The number of thiophene rings is 1. The minimum absolute atomic E-state index is 0.578. The van der Waals surface area contributed by atoms with Gasteiger partial charge in [0.25, 0.3) is 0 Å². The Hall–Kier alpha value is -0.380. The largest absolute Gasteiger partial charge is 0.385 e. The Labute approximate surface area is 108 Å². The molecule has 1 saturated carbocycles. The summed E-state index contributed by atoms with van der Waals surface area (Å²) in [5, 5.41) is 5.92. The van der Waals surface area contributed by atoms with Gasteiger partial charge in [0.1, 0.15) is 0 Å². The third-order valence-corrected chi connectivity index (χ3v) is 4.57. The zero-order valence-electron chi connectivity index (χ0n) is 10.7. The van der Waals surface area contributed by atoms with E-state index in [1.807, 2.05) is 11.3 Å². The summed E-state index contributed by atoms with van der Waals surface area (Å²) in [6.07, 6.45) is 6.70. The summed E-state index contributed by atoms with van der Waals surface area (Å²) < 4.78 is 5.10. The Morgan fingerprint density at radius 3 is 2.94 bits per heavy atom. The van der Waals surface area contributed by atoms with Crippen LogP contribution >= 0.6 is 11.3 Å². The van der Waals surface area contributed by atoms with Crippen LogP contribution in [0.4, 0.5) is 0 Å². The van der Waals surface area contributed by atoms with Gasteiger partial charge in [-0.05, 0) is 43.2 Å². The van der Waals surface area contributed by atoms with Crippen LogP contribution in [-0.2, 0) is 4.74 Å². The summed E-state index contributed by atoms with van der Waals surface area (Å²) >= 11 is 1.89. The van der Waals surface area contributed by atoms with E-state index < -0.39 is 0 Å². The van der Waals surface area contributed by atoms with Gasteiger partial charge in [-0.2, -0.15) is 0 Å². The SMILES string of the molecule is COCCCNC(c1cccs1)C1CCCC1. The van der Waals surface area contributed by atoms with Gasteiger partial charge in [0.05, 0.1) is 0 Å². The van der Waals surface area contributed by atoms with Crippen LogP contribution in [0.1, 0.15) is 43.0 Å². The predicted molar refractivity (Wildman–Crippen MR) is 73.5 cm³/mol. The first-order chi connectivity index (χ1) is 8.42. The lowest BCUT2D eigenvalue weighted by Crippen LogP contribution is -2.27. The Kier molecular flexibility index (Phi) is 5.49. The Morgan fingerprint density at radius 1 is 1.47 bits per heavy atom. The molecular formula is C14H23NOS. The molecule has 1 unspecified atom stereocenters. The number of hydrogen-bond acceptors (Lipinski definition) is 3. The van der Waals surface area contributed by atoms with Gasteiger partial charge >= 0.3 is 0 Å². The topological polar surface area (TPSA) is 21.3 Å². The number of methoxy groups -OCH3 is 1. The molecule has 2 nitrogen and oxygen atoms in total. The van der Waals surface area contributed by atoms with Gasteiger partial charge in [-0.15, -0.1) is 11.3 Å². The van der Waals surface area contributed by atoms with Crippen molar-refractivity contribution in [3.63, 3.8) is 0 Å². The molecule has 0 spiro atoms. The molecule has 1 aromatic rings. The maximum Gasteiger partial charge on any atom is 0.0474 e. The van der Waals surface area contributed by atoms with Gasteiger partial charge in [0.2, 0.25) is 0 Å². The molecule has 0 amide bonds. The third kappa shape index (κ3) is 3.80. The summed E-state index contributed by atoms with van der Waals surface area (Å²) in [5.41, 5.74) is 0. The van der Waals surface area contributed by atoms with Crippen LogP contribution in [0.15, 0.2) is 17.5 Å². The van der Waals surface area contributed by atoms with E-state index in [-0.39, 0.29) is 0 Å². The molecule has 1 aliphatic carbocycles. The van der Waals surface area contributed by atoms with E-state index >= 15 is 0 Å². The molecule has 1 fully saturated rings. The van der Waals surface area contributed by atoms with E-state index in [0.717, 1.165) is 25.5 Å². The summed E-state index contributed by atoms with van der Waals surface area (Å²) in [4.78, 5) is 1.51. The minimum atomic E-state index is 0.578. The monoisotopic (exact) mass is 253 g/mol. The molecule has 2 rings (SSSR count). The minimum Gasteiger partial charge on any atom is -0.385 e. The zero-order valence-corrected chi connectivity index (χ0v) is 11.5. The average molecular weight is 253 g/mol. The van der Waals surface area contributed by atoms with Crippen molar-refractivity contribution in [3.8, 4) is 0 Å². The summed E-state index contributed by atoms with van der Waals surface area (Å²) in [6, 6.07) is 5.02. The van der Waals surface area contributed by atoms with Crippen molar-refractivity contribution >= 4 is 11.3 Å². The average Bonchev–Trinajstić information content (AvgIpc) is 3.02. The van der Waals surface area contributed by atoms with Crippen molar-refractivity contribution in [1.29, 1.82) is 0 Å². The molecule has 0 saturated heterocycles. The van der Waals surface area contributed by atoms with Crippen LogP contribution in [0, 0.1) is 5.92 Å².